The first-order chi connectivity index (χ1) is 12.9. The third-order valence-corrected chi connectivity index (χ3v) is 3.73. The first-order valence-electron chi connectivity index (χ1n) is 8.22. The second kappa shape index (κ2) is 9.33. The molecule has 0 aliphatic carbocycles. The Morgan fingerprint density at radius 1 is 1.15 bits per heavy atom. The Morgan fingerprint density at radius 2 is 1.85 bits per heavy atom. The van der Waals surface area contributed by atoms with Gasteiger partial charge in [-0.15, -0.1) is 0 Å². The minimum atomic E-state index is -0.544. The van der Waals surface area contributed by atoms with Crippen LogP contribution in [0.5, 0.6) is 11.5 Å². The van der Waals surface area contributed by atoms with Crippen molar-refractivity contribution in [1.29, 1.82) is 0 Å². The standard InChI is InChI=1S/C19H20N2O6/c1-13(22)3-4-14-5-8-16(9-6-14)27-12-19(23)20-17-10-7-15(21(24)25)11-18(17)26-2/h5-11H,3-4,12H2,1-2H3,(H,20,23). The number of aryl methyl sites for hydroxylation is 1. The number of anilines is 1. The van der Waals surface area contributed by atoms with Crippen LogP contribution in [0.3, 0.4) is 0 Å². The normalized spacial score (nSPS) is 10.1. The number of nitro groups is 1. The van der Waals surface area contributed by atoms with Gasteiger partial charge in [-0.05, 0) is 37.1 Å². The molecule has 2 rings (SSSR count). The molecule has 142 valence electrons. The fraction of sp³-hybridized carbons (Fsp3) is 0.263. The van der Waals surface area contributed by atoms with Gasteiger partial charge >= 0.3 is 0 Å². The van der Waals surface area contributed by atoms with Crippen molar-refractivity contribution < 1.29 is 24.0 Å². The van der Waals surface area contributed by atoms with Crippen molar-refractivity contribution in [3.63, 3.8) is 0 Å². The Labute approximate surface area is 156 Å². The van der Waals surface area contributed by atoms with E-state index in [0.717, 1.165) is 5.56 Å². The van der Waals surface area contributed by atoms with Gasteiger partial charge in [-0.25, -0.2) is 0 Å². The van der Waals surface area contributed by atoms with Gasteiger partial charge in [0.25, 0.3) is 11.6 Å². The third-order valence-electron chi connectivity index (χ3n) is 3.73. The molecule has 1 amide bonds. The summed E-state index contributed by atoms with van der Waals surface area (Å²) in [6, 6.07) is 11.1. The molecule has 2 aromatic carbocycles. The number of nitrogens with zero attached hydrogens (tertiary/aromatic N) is 1. The molecule has 0 aromatic heterocycles. The van der Waals surface area contributed by atoms with E-state index >= 15 is 0 Å². The minimum Gasteiger partial charge on any atom is -0.494 e. The summed E-state index contributed by atoms with van der Waals surface area (Å²) in [7, 11) is 1.36. The summed E-state index contributed by atoms with van der Waals surface area (Å²) < 4.78 is 10.5. The van der Waals surface area contributed by atoms with Crippen molar-refractivity contribution in [3.05, 3.63) is 58.1 Å². The highest BCUT2D eigenvalue weighted by atomic mass is 16.6. The number of rotatable bonds is 9. The maximum absolute atomic E-state index is 12.1. The van der Waals surface area contributed by atoms with E-state index in [1.807, 2.05) is 12.1 Å². The number of Topliss-reactive ketones (excluding diaryl/α,β-unsaturated/α-hetero) is 1. The van der Waals surface area contributed by atoms with E-state index in [0.29, 0.717) is 24.3 Å². The zero-order valence-corrected chi connectivity index (χ0v) is 15.1. The number of methoxy groups -OCH3 is 1. The first-order valence-corrected chi connectivity index (χ1v) is 8.22. The molecule has 0 aliphatic rings. The van der Waals surface area contributed by atoms with Crippen LogP contribution in [0, 0.1) is 10.1 Å². The Morgan fingerprint density at radius 3 is 2.44 bits per heavy atom. The van der Waals surface area contributed by atoms with E-state index in [4.69, 9.17) is 9.47 Å². The summed E-state index contributed by atoms with van der Waals surface area (Å²) in [5.74, 6) is 0.413. The van der Waals surface area contributed by atoms with E-state index < -0.39 is 10.8 Å². The van der Waals surface area contributed by atoms with Crippen molar-refractivity contribution >= 4 is 23.1 Å². The van der Waals surface area contributed by atoms with E-state index in [-0.39, 0.29) is 23.8 Å². The number of nitrogens with one attached hydrogen (secondary N) is 1. The number of hydrogen-bond donors (Lipinski definition) is 1. The number of amides is 1. The highest BCUT2D eigenvalue weighted by Crippen LogP contribution is 2.28. The fourth-order valence-electron chi connectivity index (χ4n) is 2.30. The van der Waals surface area contributed by atoms with Crippen molar-refractivity contribution in [1.82, 2.24) is 0 Å². The molecule has 0 radical (unpaired) electrons. The molecule has 0 unspecified atom stereocenters. The molecule has 0 heterocycles. The van der Waals surface area contributed by atoms with Gasteiger partial charge in [-0.3, -0.25) is 14.9 Å². The van der Waals surface area contributed by atoms with Gasteiger partial charge in [-0.2, -0.15) is 0 Å². The predicted octanol–water partition coefficient (Wildman–Crippen LogP) is 3.14. The molecular formula is C19H20N2O6. The minimum absolute atomic E-state index is 0.133. The van der Waals surface area contributed by atoms with Gasteiger partial charge in [0, 0.05) is 12.5 Å². The monoisotopic (exact) mass is 372 g/mol. The fourth-order valence-corrected chi connectivity index (χ4v) is 2.30. The largest absolute Gasteiger partial charge is 0.494 e. The molecule has 27 heavy (non-hydrogen) atoms. The van der Waals surface area contributed by atoms with Crippen LogP contribution in [-0.4, -0.2) is 30.3 Å². The molecule has 8 heteroatoms. The summed E-state index contributed by atoms with van der Waals surface area (Å²) in [6.45, 7) is 1.32. The Kier molecular flexibility index (Phi) is 6.87. The molecular weight excluding hydrogens is 352 g/mol. The Hall–Kier alpha value is -3.42. The molecule has 0 fully saturated rings. The summed E-state index contributed by atoms with van der Waals surface area (Å²) in [5.41, 5.74) is 1.19. The maximum Gasteiger partial charge on any atom is 0.273 e. The van der Waals surface area contributed by atoms with E-state index in [1.165, 1.54) is 25.3 Å². The van der Waals surface area contributed by atoms with E-state index in [2.05, 4.69) is 5.32 Å². The predicted molar refractivity (Wildman–Crippen MR) is 99.2 cm³/mol. The van der Waals surface area contributed by atoms with Gasteiger partial charge in [0.15, 0.2) is 6.61 Å². The highest BCUT2D eigenvalue weighted by molar-refractivity contribution is 5.93. The van der Waals surface area contributed by atoms with Gasteiger partial charge in [0.1, 0.15) is 17.3 Å². The van der Waals surface area contributed by atoms with Crippen LogP contribution < -0.4 is 14.8 Å². The van der Waals surface area contributed by atoms with Gasteiger partial charge < -0.3 is 19.6 Å². The summed E-state index contributed by atoms with van der Waals surface area (Å²) >= 11 is 0. The van der Waals surface area contributed by atoms with Crippen LogP contribution in [0.25, 0.3) is 0 Å². The molecule has 0 atom stereocenters. The second-order valence-electron chi connectivity index (χ2n) is 5.82. The average molecular weight is 372 g/mol. The van der Waals surface area contributed by atoms with Crippen LogP contribution in [0.1, 0.15) is 18.9 Å². The summed E-state index contributed by atoms with van der Waals surface area (Å²) in [6.07, 6.45) is 1.15. The van der Waals surface area contributed by atoms with Gasteiger partial charge in [0.2, 0.25) is 0 Å². The van der Waals surface area contributed by atoms with Crippen molar-refractivity contribution in [2.75, 3.05) is 19.0 Å². The molecule has 2 aromatic rings. The average Bonchev–Trinajstić information content (AvgIpc) is 2.65. The third kappa shape index (κ3) is 6.10. The zero-order chi connectivity index (χ0) is 19.8. The number of nitro benzene ring substituents is 1. The zero-order valence-electron chi connectivity index (χ0n) is 15.1. The maximum atomic E-state index is 12.1. The molecule has 1 N–H and O–H groups in total. The smallest absolute Gasteiger partial charge is 0.273 e. The Balaban J connectivity index is 1.91. The van der Waals surface area contributed by atoms with E-state index in [1.54, 1.807) is 19.1 Å². The number of non-ortho nitro benzene ring substituents is 1. The lowest BCUT2D eigenvalue weighted by Crippen LogP contribution is -2.20. The lowest BCUT2D eigenvalue weighted by Gasteiger charge is -2.11. The number of benzene rings is 2. The SMILES string of the molecule is COc1cc([N+](=O)[O-])ccc1NC(=O)COc1ccc(CCC(C)=O)cc1. The van der Waals surface area contributed by atoms with E-state index in [9.17, 15) is 19.7 Å². The molecule has 0 bridgehead atoms. The van der Waals surface area contributed by atoms with Gasteiger partial charge in [-0.1, -0.05) is 12.1 Å². The number of hydrogen-bond acceptors (Lipinski definition) is 6. The number of carbonyl (C=O) groups excluding carboxylic acids is 2. The van der Waals surface area contributed by atoms with Crippen molar-refractivity contribution in [3.8, 4) is 11.5 Å². The lowest BCUT2D eigenvalue weighted by atomic mass is 10.1. The Bertz CT molecular complexity index is 833. The van der Waals surface area contributed by atoms with Crippen LogP contribution >= 0.6 is 0 Å². The molecule has 0 saturated heterocycles. The second-order valence-corrected chi connectivity index (χ2v) is 5.82. The van der Waals surface area contributed by atoms with Crippen LogP contribution in [0.15, 0.2) is 42.5 Å². The molecule has 8 nitrogen and oxygen atoms in total. The van der Waals surface area contributed by atoms with Crippen molar-refractivity contribution in [2.24, 2.45) is 0 Å². The lowest BCUT2D eigenvalue weighted by molar-refractivity contribution is -0.384. The highest BCUT2D eigenvalue weighted by Gasteiger charge is 2.13. The summed E-state index contributed by atoms with van der Waals surface area (Å²) in [5, 5.41) is 13.4. The van der Waals surface area contributed by atoms with Crippen LogP contribution in [-0.2, 0) is 16.0 Å². The number of ketones is 1. The van der Waals surface area contributed by atoms with Crippen LogP contribution in [0.4, 0.5) is 11.4 Å². The first kappa shape index (κ1) is 19.9. The van der Waals surface area contributed by atoms with Crippen molar-refractivity contribution in [2.45, 2.75) is 19.8 Å². The molecule has 0 spiro atoms. The van der Waals surface area contributed by atoms with Gasteiger partial charge in [0.05, 0.1) is 23.8 Å². The quantitative estimate of drug-likeness (QED) is 0.535. The molecule has 0 saturated carbocycles. The number of carbonyl (C=O) groups is 2. The summed E-state index contributed by atoms with van der Waals surface area (Å²) in [4.78, 5) is 33.3. The van der Waals surface area contributed by atoms with Crippen LogP contribution in [0.2, 0.25) is 0 Å². The molecule has 0 aliphatic heterocycles. The topological polar surface area (TPSA) is 108 Å². The number of ether oxygens (including phenoxy) is 2.